The summed E-state index contributed by atoms with van der Waals surface area (Å²) >= 11 is 0. The van der Waals surface area contributed by atoms with E-state index in [4.69, 9.17) is 14.2 Å². The number of carbonyl (C=O) groups is 1. The molecule has 0 bridgehead atoms. The van der Waals surface area contributed by atoms with Gasteiger partial charge in [-0.1, -0.05) is 13.8 Å². The lowest BCUT2D eigenvalue weighted by Gasteiger charge is -2.18. The average Bonchev–Trinajstić information content (AvgIpc) is 2.46. The van der Waals surface area contributed by atoms with E-state index in [1.165, 1.54) is 0 Å². The second kappa shape index (κ2) is 8.52. The Morgan fingerprint density at radius 1 is 1.29 bits per heavy atom. The Morgan fingerprint density at radius 3 is 2.57 bits per heavy atom. The first-order chi connectivity index (χ1) is 9.97. The predicted octanol–water partition coefficient (Wildman–Crippen LogP) is 2.52. The Balaban J connectivity index is 2.86. The summed E-state index contributed by atoms with van der Waals surface area (Å²) in [5, 5.41) is 3.33. The van der Waals surface area contributed by atoms with Crippen LogP contribution in [0.1, 0.15) is 33.3 Å². The van der Waals surface area contributed by atoms with Gasteiger partial charge in [-0.25, -0.2) is 4.79 Å². The van der Waals surface area contributed by atoms with E-state index in [-0.39, 0.29) is 5.97 Å². The van der Waals surface area contributed by atoms with E-state index in [9.17, 15) is 4.79 Å². The van der Waals surface area contributed by atoms with E-state index in [1.54, 1.807) is 21.0 Å². The number of rotatable bonds is 8. The average molecular weight is 295 g/mol. The van der Waals surface area contributed by atoms with Crippen molar-refractivity contribution in [3.8, 4) is 11.5 Å². The van der Waals surface area contributed by atoms with Crippen LogP contribution in [0.4, 0.5) is 0 Å². The van der Waals surface area contributed by atoms with Crippen LogP contribution in [-0.2, 0) is 16.1 Å². The van der Waals surface area contributed by atoms with Crippen molar-refractivity contribution in [1.29, 1.82) is 0 Å². The monoisotopic (exact) mass is 295 g/mol. The molecule has 0 saturated heterocycles. The largest absolute Gasteiger partial charge is 0.497 e. The molecule has 1 N–H and O–H groups in total. The highest BCUT2D eigenvalue weighted by Crippen LogP contribution is 2.25. The van der Waals surface area contributed by atoms with E-state index < -0.39 is 6.10 Å². The van der Waals surface area contributed by atoms with Gasteiger partial charge in [0, 0.05) is 18.2 Å². The third-order valence-electron chi connectivity index (χ3n) is 2.89. The van der Waals surface area contributed by atoms with Crippen molar-refractivity contribution in [3.63, 3.8) is 0 Å². The summed E-state index contributed by atoms with van der Waals surface area (Å²) in [7, 11) is 1.62. The molecule has 1 rings (SSSR count). The predicted molar refractivity (Wildman–Crippen MR) is 81.7 cm³/mol. The smallest absolute Gasteiger partial charge is 0.347 e. The molecular weight excluding hydrogens is 270 g/mol. The summed E-state index contributed by atoms with van der Waals surface area (Å²) < 4.78 is 15.9. The van der Waals surface area contributed by atoms with Gasteiger partial charge in [-0.3, -0.25) is 0 Å². The Labute approximate surface area is 126 Å². The van der Waals surface area contributed by atoms with Crippen molar-refractivity contribution < 1.29 is 19.0 Å². The summed E-state index contributed by atoms with van der Waals surface area (Å²) in [6, 6.07) is 5.88. The van der Waals surface area contributed by atoms with Gasteiger partial charge in [-0.05, 0) is 32.0 Å². The fourth-order valence-corrected chi connectivity index (χ4v) is 1.75. The maximum absolute atomic E-state index is 11.7. The Kier molecular flexibility index (Phi) is 7.02. The van der Waals surface area contributed by atoms with Gasteiger partial charge in [-0.2, -0.15) is 0 Å². The molecule has 5 nitrogen and oxygen atoms in total. The van der Waals surface area contributed by atoms with Gasteiger partial charge < -0.3 is 19.5 Å². The highest BCUT2D eigenvalue weighted by Gasteiger charge is 2.17. The molecule has 0 aliphatic carbocycles. The molecule has 0 spiro atoms. The first-order valence-electron chi connectivity index (χ1n) is 7.21. The molecule has 0 fully saturated rings. The Morgan fingerprint density at radius 2 is 2.00 bits per heavy atom. The number of benzene rings is 1. The van der Waals surface area contributed by atoms with Gasteiger partial charge in [0.15, 0.2) is 6.10 Å². The first-order valence-corrected chi connectivity index (χ1v) is 7.21. The van der Waals surface area contributed by atoms with Gasteiger partial charge in [0.1, 0.15) is 11.5 Å². The lowest BCUT2D eigenvalue weighted by molar-refractivity contribution is -0.150. The summed E-state index contributed by atoms with van der Waals surface area (Å²) in [5.74, 6) is 1.05. The Bertz CT molecular complexity index is 460. The number of carbonyl (C=O) groups excluding carboxylic acids is 1. The van der Waals surface area contributed by atoms with Crippen LogP contribution in [0.3, 0.4) is 0 Å². The molecule has 1 unspecified atom stereocenters. The minimum Gasteiger partial charge on any atom is -0.497 e. The lowest BCUT2D eigenvalue weighted by Crippen LogP contribution is -2.27. The maximum atomic E-state index is 11.7. The summed E-state index contributed by atoms with van der Waals surface area (Å²) in [4.78, 5) is 11.7. The van der Waals surface area contributed by atoms with Crippen LogP contribution in [0.2, 0.25) is 0 Å². The van der Waals surface area contributed by atoms with Crippen molar-refractivity contribution >= 4 is 5.97 Å². The topological polar surface area (TPSA) is 56.8 Å². The highest BCUT2D eigenvalue weighted by atomic mass is 16.6. The molecule has 1 atom stereocenters. The first kappa shape index (κ1) is 17.3. The number of hydrogen-bond donors (Lipinski definition) is 1. The second-order valence-electron chi connectivity index (χ2n) is 5.02. The fourth-order valence-electron chi connectivity index (χ4n) is 1.75. The molecule has 118 valence electrons. The molecule has 5 heteroatoms. The van der Waals surface area contributed by atoms with Gasteiger partial charge in [-0.15, -0.1) is 0 Å². The van der Waals surface area contributed by atoms with E-state index in [0.717, 1.165) is 11.3 Å². The van der Waals surface area contributed by atoms with Crippen molar-refractivity contribution in [2.24, 2.45) is 0 Å². The molecule has 1 aromatic rings. The zero-order valence-corrected chi connectivity index (χ0v) is 13.4. The van der Waals surface area contributed by atoms with Crippen LogP contribution >= 0.6 is 0 Å². The van der Waals surface area contributed by atoms with Gasteiger partial charge in [0.2, 0.25) is 0 Å². The van der Waals surface area contributed by atoms with Crippen LogP contribution < -0.4 is 14.8 Å². The van der Waals surface area contributed by atoms with Crippen LogP contribution in [0.5, 0.6) is 11.5 Å². The maximum Gasteiger partial charge on any atom is 0.347 e. The number of esters is 1. The van der Waals surface area contributed by atoms with Crippen LogP contribution in [0, 0.1) is 0 Å². The normalized spacial score (nSPS) is 12.1. The number of nitrogens with one attached hydrogen (secondary N) is 1. The van der Waals surface area contributed by atoms with Crippen molar-refractivity contribution in [2.75, 3.05) is 13.7 Å². The van der Waals surface area contributed by atoms with Gasteiger partial charge in [0.25, 0.3) is 0 Å². The third-order valence-corrected chi connectivity index (χ3v) is 2.89. The molecule has 0 aromatic heterocycles. The molecule has 0 aliphatic heterocycles. The van der Waals surface area contributed by atoms with Crippen LogP contribution in [0.25, 0.3) is 0 Å². The Hall–Kier alpha value is -1.75. The number of hydrogen-bond acceptors (Lipinski definition) is 5. The summed E-state index contributed by atoms with van der Waals surface area (Å²) in [6.07, 6.45) is -0.642. The molecule has 0 aliphatic rings. The molecule has 0 heterocycles. The lowest BCUT2D eigenvalue weighted by atomic mass is 10.1. The van der Waals surface area contributed by atoms with E-state index in [2.05, 4.69) is 19.2 Å². The van der Waals surface area contributed by atoms with Crippen molar-refractivity contribution in [1.82, 2.24) is 5.32 Å². The quantitative estimate of drug-likeness (QED) is 0.747. The van der Waals surface area contributed by atoms with E-state index in [0.29, 0.717) is 24.9 Å². The fraction of sp³-hybridized carbons (Fsp3) is 0.562. The zero-order chi connectivity index (χ0) is 15.8. The molecular formula is C16H25NO4. The molecule has 21 heavy (non-hydrogen) atoms. The van der Waals surface area contributed by atoms with Crippen LogP contribution in [0.15, 0.2) is 18.2 Å². The number of ether oxygens (including phenoxy) is 3. The molecule has 0 radical (unpaired) electrons. The minimum absolute atomic E-state index is 0.344. The van der Waals surface area contributed by atoms with Crippen molar-refractivity contribution in [3.05, 3.63) is 23.8 Å². The molecule has 0 amide bonds. The highest BCUT2D eigenvalue weighted by molar-refractivity contribution is 5.74. The SMILES string of the molecule is CCOC(=O)C(C)Oc1ccc(OC)cc1CNC(C)C. The van der Waals surface area contributed by atoms with Crippen LogP contribution in [-0.4, -0.2) is 31.8 Å². The third kappa shape index (κ3) is 5.63. The second-order valence-corrected chi connectivity index (χ2v) is 5.02. The minimum atomic E-state index is -0.642. The zero-order valence-electron chi connectivity index (χ0n) is 13.4. The van der Waals surface area contributed by atoms with E-state index >= 15 is 0 Å². The molecule has 1 aromatic carbocycles. The number of methoxy groups -OCH3 is 1. The standard InChI is InChI=1S/C16H25NO4/c1-6-20-16(18)12(4)21-15-8-7-14(19-5)9-13(15)10-17-11(2)3/h7-9,11-12,17H,6,10H2,1-5H3. The summed E-state index contributed by atoms with van der Waals surface area (Å²) in [6.45, 7) is 8.58. The van der Waals surface area contributed by atoms with E-state index in [1.807, 2.05) is 18.2 Å². The van der Waals surface area contributed by atoms with Crippen molar-refractivity contribution in [2.45, 2.75) is 46.4 Å². The molecule has 0 saturated carbocycles. The summed E-state index contributed by atoms with van der Waals surface area (Å²) in [5.41, 5.74) is 0.944. The van der Waals surface area contributed by atoms with Gasteiger partial charge >= 0.3 is 5.97 Å². The van der Waals surface area contributed by atoms with Gasteiger partial charge in [0.05, 0.1) is 13.7 Å².